The molecule has 0 aromatic heterocycles. The molecule has 0 aromatic carbocycles. The Morgan fingerprint density at radius 2 is 1.62 bits per heavy atom. The van der Waals surface area contributed by atoms with Crippen molar-refractivity contribution in [2.45, 2.75) is 72.8 Å². The second-order valence-corrected chi connectivity index (χ2v) is 6.70. The van der Waals surface area contributed by atoms with Gasteiger partial charge in [-0.2, -0.15) is 0 Å². The molecular weight excluding hydrogens is 256 g/mol. The minimum absolute atomic E-state index is 0.357. The molecule has 1 aliphatic carbocycles. The van der Waals surface area contributed by atoms with Gasteiger partial charge >= 0.3 is 0 Å². The Kier molecular flexibility index (Phi) is 7.74. The van der Waals surface area contributed by atoms with E-state index in [0.29, 0.717) is 5.92 Å². The van der Waals surface area contributed by atoms with Gasteiger partial charge in [0.25, 0.3) is 0 Å². The Bertz CT molecular complexity index is 446. The Morgan fingerprint density at radius 1 is 0.952 bits per heavy atom. The number of aliphatic hydroxyl groups is 1. The molecule has 0 aliphatic heterocycles. The van der Waals surface area contributed by atoms with Gasteiger partial charge in [0, 0.05) is 0 Å². The van der Waals surface area contributed by atoms with Crippen LogP contribution in [0.25, 0.3) is 0 Å². The van der Waals surface area contributed by atoms with Gasteiger partial charge in [-0.3, -0.25) is 0 Å². The zero-order valence-electron chi connectivity index (χ0n) is 14.4. The lowest BCUT2D eigenvalue weighted by atomic mass is 9.94. The molecule has 0 amide bonds. The highest BCUT2D eigenvalue weighted by Gasteiger charge is 2.07. The predicted octanol–water partition coefficient (Wildman–Crippen LogP) is 5.73. The molecule has 0 saturated carbocycles. The quantitative estimate of drug-likeness (QED) is 0.611. The lowest BCUT2D eigenvalue weighted by Crippen LogP contribution is -2.07. The Balaban J connectivity index is 2.98. The van der Waals surface area contributed by atoms with E-state index in [-0.39, 0.29) is 6.10 Å². The summed E-state index contributed by atoms with van der Waals surface area (Å²) >= 11 is 0. The molecule has 1 nitrogen and oxygen atoms in total. The van der Waals surface area contributed by atoms with Crippen LogP contribution >= 0.6 is 0 Å². The summed E-state index contributed by atoms with van der Waals surface area (Å²) in [6.45, 7) is 10.9. The van der Waals surface area contributed by atoms with Crippen molar-refractivity contribution in [1.29, 1.82) is 0 Å². The molecule has 1 aliphatic rings. The molecule has 1 N–H and O–H groups in total. The monoisotopic (exact) mass is 288 g/mol. The van der Waals surface area contributed by atoms with E-state index in [2.05, 4.69) is 52.0 Å². The summed E-state index contributed by atoms with van der Waals surface area (Å²) in [5, 5.41) is 10.2. The number of hydrogen-bond acceptors (Lipinski definition) is 1. The molecule has 1 atom stereocenters. The van der Waals surface area contributed by atoms with E-state index in [1.54, 1.807) is 0 Å². The van der Waals surface area contributed by atoms with Crippen molar-refractivity contribution in [3.8, 4) is 0 Å². The molecule has 118 valence electrons. The molecule has 0 spiro atoms. The van der Waals surface area contributed by atoms with Gasteiger partial charge in [-0.05, 0) is 64.4 Å². The van der Waals surface area contributed by atoms with E-state index >= 15 is 0 Å². The largest absolute Gasteiger partial charge is 0.388 e. The van der Waals surface area contributed by atoms with Crippen LogP contribution < -0.4 is 0 Å². The van der Waals surface area contributed by atoms with Crippen LogP contribution in [0.1, 0.15) is 66.7 Å². The maximum Gasteiger partial charge on any atom is 0.0784 e. The molecule has 21 heavy (non-hydrogen) atoms. The van der Waals surface area contributed by atoms with Gasteiger partial charge in [-0.1, -0.05) is 54.9 Å². The SMILES string of the molecule is C/C1=C/CC/C(C)=C/C[C@H](O)/C(C)=C\C=C(/C(C)C)CC1. The zero-order chi connectivity index (χ0) is 15.8. The van der Waals surface area contributed by atoms with E-state index in [9.17, 15) is 5.11 Å². The number of hydrogen-bond donors (Lipinski definition) is 1. The van der Waals surface area contributed by atoms with Crippen LogP contribution in [-0.2, 0) is 0 Å². The summed E-state index contributed by atoms with van der Waals surface area (Å²) in [7, 11) is 0. The fraction of sp³-hybridized carbons (Fsp3) is 0.600. The Morgan fingerprint density at radius 3 is 2.29 bits per heavy atom. The fourth-order valence-electron chi connectivity index (χ4n) is 2.50. The van der Waals surface area contributed by atoms with Crippen molar-refractivity contribution in [2.24, 2.45) is 5.92 Å². The molecule has 1 rings (SSSR count). The van der Waals surface area contributed by atoms with Gasteiger partial charge in [-0.15, -0.1) is 0 Å². The van der Waals surface area contributed by atoms with Crippen LogP contribution in [0.15, 0.2) is 46.6 Å². The van der Waals surface area contributed by atoms with Gasteiger partial charge in [-0.25, -0.2) is 0 Å². The van der Waals surface area contributed by atoms with Crippen LogP contribution in [0.3, 0.4) is 0 Å². The van der Waals surface area contributed by atoms with Crippen molar-refractivity contribution in [3.05, 3.63) is 46.6 Å². The molecule has 0 radical (unpaired) electrons. The average Bonchev–Trinajstić information content (AvgIpc) is 2.43. The van der Waals surface area contributed by atoms with Crippen molar-refractivity contribution in [3.63, 3.8) is 0 Å². The third-order valence-electron chi connectivity index (χ3n) is 4.36. The highest BCUT2D eigenvalue weighted by Crippen LogP contribution is 2.21. The fourth-order valence-corrected chi connectivity index (χ4v) is 2.50. The van der Waals surface area contributed by atoms with Gasteiger partial charge in [0.05, 0.1) is 6.10 Å². The van der Waals surface area contributed by atoms with Crippen LogP contribution in [0.5, 0.6) is 0 Å². The van der Waals surface area contributed by atoms with Crippen molar-refractivity contribution in [2.75, 3.05) is 0 Å². The van der Waals surface area contributed by atoms with Crippen LogP contribution in [0.2, 0.25) is 0 Å². The second-order valence-electron chi connectivity index (χ2n) is 6.70. The lowest BCUT2D eigenvalue weighted by Gasteiger charge is -2.13. The van der Waals surface area contributed by atoms with E-state index < -0.39 is 0 Å². The van der Waals surface area contributed by atoms with Crippen molar-refractivity contribution in [1.82, 2.24) is 0 Å². The minimum Gasteiger partial charge on any atom is -0.388 e. The first-order valence-electron chi connectivity index (χ1n) is 8.26. The summed E-state index contributed by atoms with van der Waals surface area (Å²) in [6.07, 6.45) is 13.7. The zero-order valence-corrected chi connectivity index (χ0v) is 14.4. The Labute approximate surface area is 131 Å². The van der Waals surface area contributed by atoms with Gasteiger partial charge < -0.3 is 5.11 Å². The molecule has 0 bridgehead atoms. The molecule has 0 heterocycles. The average molecular weight is 288 g/mol. The third-order valence-corrected chi connectivity index (χ3v) is 4.36. The second kappa shape index (κ2) is 9.04. The minimum atomic E-state index is -0.357. The number of aliphatic hydroxyl groups excluding tert-OH is 1. The first kappa shape index (κ1) is 18.0. The maximum atomic E-state index is 10.2. The first-order chi connectivity index (χ1) is 9.90. The first-order valence-corrected chi connectivity index (χ1v) is 8.26. The van der Waals surface area contributed by atoms with Gasteiger partial charge in [0.2, 0.25) is 0 Å². The van der Waals surface area contributed by atoms with Crippen LogP contribution in [0, 0.1) is 5.92 Å². The number of allylic oxidation sites excluding steroid dienone is 6. The van der Waals surface area contributed by atoms with E-state index in [1.165, 1.54) is 16.7 Å². The predicted molar refractivity (Wildman–Crippen MR) is 93.3 cm³/mol. The summed E-state index contributed by atoms with van der Waals surface area (Å²) in [5.74, 6) is 0.564. The highest BCUT2D eigenvalue weighted by molar-refractivity contribution is 5.22. The molecule has 0 unspecified atom stereocenters. The number of rotatable bonds is 1. The lowest BCUT2D eigenvalue weighted by molar-refractivity contribution is 0.214. The summed E-state index contributed by atoms with van der Waals surface area (Å²) in [6, 6.07) is 0. The van der Waals surface area contributed by atoms with Crippen LogP contribution in [-0.4, -0.2) is 11.2 Å². The highest BCUT2D eigenvalue weighted by atomic mass is 16.3. The third kappa shape index (κ3) is 6.95. The molecule has 0 fully saturated rings. The van der Waals surface area contributed by atoms with E-state index in [0.717, 1.165) is 37.7 Å². The van der Waals surface area contributed by atoms with Crippen LogP contribution in [0.4, 0.5) is 0 Å². The van der Waals surface area contributed by atoms with Gasteiger partial charge in [0.15, 0.2) is 0 Å². The van der Waals surface area contributed by atoms with E-state index in [1.807, 2.05) is 6.92 Å². The molecule has 1 heteroatoms. The van der Waals surface area contributed by atoms with Crippen molar-refractivity contribution < 1.29 is 5.11 Å². The van der Waals surface area contributed by atoms with Gasteiger partial charge in [0.1, 0.15) is 0 Å². The summed E-state index contributed by atoms with van der Waals surface area (Å²) in [4.78, 5) is 0. The standard InChI is InChI=1S/C20H32O/c1-15(2)19-12-9-16(3)7-6-8-17(4)10-14-20(21)18(5)11-13-19/h7,10-11,13,15,20-21H,6,8-9,12,14H2,1-5H3/b16-7-,17-10+,18-11-,19-13-/t20-/m0/s1. The van der Waals surface area contributed by atoms with E-state index in [4.69, 9.17) is 0 Å². The molecule has 0 aromatic rings. The molecule has 0 saturated heterocycles. The van der Waals surface area contributed by atoms with Crippen molar-refractivity contribution >= 4 is 0 Å². The summed E-state index contributed by atoms with van der Waals surface area (Å²) in [5.41, 5.74) is 5.40. The summed E-state index contributed by atoms with van der Waals surface area (Å²) < 4.78 is 0. The smallest absolute Gasteiger partial charge is 0.0784 e. The molecular formula is C20H32O. The normalized spacial score (nSPS) is 32.8. The topological polar surface area (TPSA) is 20.2 Å². The maximum absolute atomic E-state index is 10.2. The Hall–Kier alpha value is -1.08.